The largest absolute Gasteiger partial charge is 0.383 e. The van der Waals surface area contributed by atoms with Crippen LogP contribution in [0.1, 0.15) is 13.8 Å². The minimum absolute atomic E-state index is 0.412. The summed E-state index contributed by atoms with van der Waals surface area (Å²) in [5.41, 5.74) is 1.29. The summed E-state index contributed by atoms with van der Waals surface area (Å²) in [5, 5.41) is 3.45. The molecule has 0 saturated carbocycles. The summed E-state index contributed by atoms with van der Waals surface area (Å²) < 4.78 is 5.10. The zero-order valence-corrected chi connectivity index (χ0v) is 11.1. The van der Waals surface area contributed by atoms with Crippen LogP contribution in [-0.4, -0.2) is 39.4 Å². The van der Waals surface area contributed by atoms with E-state index < -0.39 is 0 Å². The molecule has 0 spiro atoms. The number of hydrogen-bond acceptors (Lipinski definition) is 3. The Hall–Kier alpha value is -1.06. The lowest BCUT2D eigenvalue weighted by molar-refractivity contribution is 0.172. The predicted molar refractivity (Wildman–Crippen MR) is 73.7 cm³/mol. The normalized spacial score (nSPS) is 12.4. The molecule has 1 N–H and O–H groups in total. The highest BCUT2D eigenvalue weighted by atomic mass is 16.5. The fraction of sp³-hybridized carbons (Fsp3) is 0.571. The van der Waals surface area contributed by atoms with Crippen LogP contribution in [-0.2, 0) is 4.74 Å². The molecule has 1 atom stereocenters. The fourth-order valence-corrected chi connectivity index (χ4v) is 1.86. The number of hydrogen-bond donors (Lipinski definition) is 1. The molecular weight excluding hydrogens is 212 g/mol. The second kappa shape index (κ2) is 8.09. The molecule has 96 valence electrons. The van der Waals surface area contributed by atoms with Gasteiger partial charge in [-0.05, 0) is 26.0 Å². The molecule has 1 unspecified atom stereocenters. The standard InChI is InChI=1S/C14H24N2O/c1-4-16(14-8-6-5-7-9-14)11-10-15-13(2)12-17-3/h5-9,13,15H,4,10-12H2,1-3H3. The van der Waals surface area contributed by atoms with Crippen molar-refractivity contribution in [3.63, 3.8) is 0 Å². The maximum Gasteiger partial charge on any atom is 0.0613 e. The molecule has 0 radical (unpaired) electrons. The average molecular weight is 236 g/mol. The van der Waals surface area contributed by atoms with Crippen LogP contribution in [0.2, 0.25) is 0 Å². The van der Waals surface area contributed by atoms with Gasteiger partial charge in [0.25, 0.3) is 0 Å². The smallest absolute Gasteiger partial charge is 0.0613 e. The SMILES string of the molecule is CCN(CCNC(C)COC)c1ccccc1. The third-order valence-electron chi connectivity index (χ3n) is 2.79. The minimum atomic E-state index is 0.412. The van der Waals surface area contributed by atoms with Crippen molar-refractivity contribution in [2.45, 2.75) is 19.9 Å². The van der Waals surface area contributed by atoms with Crippen LogP contribution in [0.5, 0.6) is 0 Å². The zero-order chi connectivity index (χ0) is 12.5. The van der Waals surface area contributed by atoms with Crippen LogP contribution in [0.15, 0.2) is 30.3 Å². The summed E-state index contributed by atoms with van der Waals surface area (Å²) in [6.45, 7) is 8.12. The van der Waals surface area contributed by atoms with E-state index in [0.717, 1.165) is 26.2 Å². The third-order valence-corrected chi connectivity index (χ3v) is 2.79. The monoisotopic (exact) mass is 236 g/mol. The van der Waals surface area contributed by atoms with Crippen LogP contribution < -0.4 is 10.2 Å². The van der Waals surface area contributed by atoms with Crippen LogP contribution in [0, 0.1) is 0 Å². The third kappa shape index (κ3) is 5.20. The first-order chi connectivity index (χ1) is 8.27. The Kier molecular flexibility index (Phi) is 6.67. The van der Waals surface area contributed by atoms with E-state index >= 15 is 0 Å². The first-order valence-electron chi connectivity index (χ1n) is 6.30. The van der Waals surface area contributed by atoms with Crippen molar-refractivity contribution in [3.05, 3.63) is 30.3 Å². The molecular formula is C14H24N2O. The van der Waals surface area contributed by atoms with Crippen LogP contribution in [0.4, 0.5) is 5.69 Å². The Morgan fingerprint density at radius 2 is 2.00 bits per heavy atom. The first kappa shape index (κ1) is 14.0. The summed E-state index contributed by atoms with van der Waals surface area (Å²) in [5.74, 6) is 0. The molecule has 0 aliphatic carbocycles. The summed E-state index contributed by atoms with van der Waals surface area (Å²) in [6, 6.07) is 10.9. The van der Waals surface area contributed by atoms with E-state index in [1.165, 1.54) is 5.69 Å². The molecule has 1 aromatic carbocycles. The van der Waals surface area contributed by atoms with Crippen molar-refractivity contribution in [1.82, 2.24) is 5.32 Å². The topological polar surface area (TPSA) is 24.5 Å². The number of nitrogens with zero attached hydrogens (tertiary/aromatic N) is 1. The second-order valence-electron chi connectivity index (χ2n) is 4.23. The minimum Gasteiger partial charge on any atom is -0.383 e. The highest BCUT2D eigenvalue weighted by molar-refractivity contribution is 5.45. The van der Waals surface area contributed by atoms with Crippen molar-refractivity contribution in [2.75, 3.05) is 38.3 Å². The molecule has 17 heavy (non-hydrogen) atoms. The summed E-state index contributed by atoms with van der Waals surface area (Å²) in [4.78, 5) is 2.37. The van der Waals surface area contributed by atoms with Gasteiger partial charge in [-0.3, -0.25) is 0 Å². The zero-order valence-electron chi connectivity index (χ0n) is 11.1. The Labute approximate surface area is 105 Å². The van der Waals surface area contributed by atoms with E-state index in [1.807, 2.05) is 0 Å². The number of methoxy groups -OCH3 is 1. The summed E-state index contributed by atoms with van der Waals surface area (Å²) in [6.07, 6.45) is 0. The molecule has 0 amide bonds. The van der Waals surface area contributed by atoms with Gasteiger partial charge in [-0.1, -0.05) is 18.2 Å². The van der Waals surface area contributed by atoms with E-state index in [1.54, 1.807) is 7.11 Å². The summed E-state index contributed by atoms with van der Waals surface area (Å²) >= 11 is 0. The number of benzene rings is 1. The van der Waals surface area contributed by atoms with E-state index in [4.69, 9.17) is 4.74 Å². The molecule has 0 fully saturated rings. The van der Waals surface area contributed by atoms with Gasteiger partial charge >= 0.3 is 0 Å². The van der Waals surface area contributed by atoms with Gasteiger partial charge in [0.15, 0.2) is 0 Å². The van der Waals surface area contributed by atoms with Gasteiger partial charge in [0.2, 0.25) is 0 Å². The van der Waals surface area contributed by atoms with Crippen LogP contribution in [0.3, 0.4) is 0 Å². The lowest BCUT2D eigenvalue weighted by atomic mass is 10.3. The highest BCUT2D eigenvalue weighted by Crippen LogP contribution is 2.11. The van der Waals surface area contributed by atoms with Crippen molar-refractivity contribution >= 4 is 5.69 Å². The molecule has 0 saturated heterocycles. The van der Waals surface area contributed by atoms with Gasteiger partial charge in [-0.2, -0.15) is 0 Å². The van der Waals surface area contributed by atoms with Gasteiger partial charge in [-0.15, -0.1) is 0 Å². The van der Waals surface area contributed by atoms with Gasteiger partial charge in [0.05, 0.1) is 6.61 Å². The molecule has 1 aromatic rings. The number of nitrogens with one attached hydrogen (secondary N) is 1. The predicted octanol–water partition coefficient (Wildman–Crippen LogP) is 2.14. The Bertz CT molecular complexity index is 290. The first-order valence-corrected chi connectivity index (χ1v) is 6.30. The summed E-state index contributed by atoms with van der Waals surface area (Å²) in [7, 11) is 1.74. The van der Waals surface area contributed by atoms with Crippen molar-refractivity contribution in [1.29, 1.82) is 0 Å². The Balaban J connectivity index is 2.33. The Morgan fingerprint density at radius 3 is 2.59 bits per heavy atom. The lowest BCUT2D eigenvalue weighted by Crippen LogP contribution is -2.37. The number of likely N-dealkylation sites (N-methyl/N-ethyl adjacent to an activating group) is 1. The number of anilines is 1. The number of rotatable bonds is 8. The molecule has 3 nitrogen and oxygen atoms in total. The average Bonchev–Trinajstić information content (AvgIpc) is 2.36. The van der Waals surface area contributed by atoms with Gasteiger partial charge < -0.3 is 15.0 Å². The molecule has 0 bridgehead atoms. The molecule has 0 heterocycles. The maximum atomic E-state index is 5.10. The van der Waals surface area contributed by atoms with E-state index in [0.29, 0.717) is 6.04 Å². The molecule has 1 rings (SSSR count). The molecule has 0 aromatic heterocycles. The van der Waals surface area contributed by atoms with Gasteiger partial charge in [-0.25, -0.2) is 0 Å². The van der Waals surface area contributed by atoms with Crippen molar-refractivity contribution in [3.8, 4) is 0 Å². The number of para-hydroxylation sites is 1. The maximum absolute atomic E-state index is 5.10. The van der Waals surface area contributed by atoms with E-state index in [9.17, 15) is 0 Å². The van der Waals surface area contributed by atoms with Crippen LogP contribution >= 0.6 is 0 Å². The second-order valence-corrected chi connectivity index (χ2v) is 4.23. The lowest BCUT2D eigenvalue weighted by Gasteiger charge is -2.24. The number of ether oxygens (including phenoxy) is 1. The van der Waals surface area contributed by atoms with Gasteiger partial charge in [0, 0.05) is 38.5 Å². The van der Waals surface area contributed by atoms with Crippen LogP contribution in [0.25, 0.3) is 0 Å². The highest BCUT2D eigenvalue weighted by Gasteiger charge is 2.04. The van der Waals surface area contributed by atoms with Crippen molar-refractivity contribution in [2.24, 2.45) is 0 Å². The van der Waals surface area contributed by atoms with E-state index in [-0.39, 0.29) is 0 Å². The Morgan fingerprint density at radius 1 is 1.29 bits per heavy atom. The molecule has 0 aliphatic heterocycles. The van der Waals surface area contributed by atoms with Crippen molar-refractivity contribution < 1.29 is 4.74 Å². The van der Waals surface area contributed by atoms with Gasteiger partial charge in [0.1, 0.15) is 0 Å². The molecule has 0 aliphatic rings. The quantitative estimate of drug-likeness (QED) is 0.748. The molecule has 3 heteroatoms. The fourth-order valence-electron chi connectivity index (χ4n) is 1.86. The van der Waals surface area contributed by atoms with E-state index in [2.05, 4.69) is 54.4 Å².